The zero-order valence-electron chi connectivity index (χ0n) is 22.6. The summed E-state index contributed by atoms with van der Waals surface area (Å²) in [6.07, 6.45) is 7.14. The van der Waals surface area contributed by atoms with Crippen molar-refractivity contribution in [3.05, 3.63) is 41.1 Å². The molecule has 1 atom stereocenters. The second-order valence-electron chi connectivity index (χ2n) is 11.9. The van der Waals surface area contributed by atoms with E-state index in [9.17, 15) is 18.7 Å². The van der Waals surface area contributed by atoms with Crippen LogP contribution in [0.1, 0.15) is 87.3 Å². The van der Waals surface area contributed by atoms with Crippen molar-refractivity contribution in [2.45, 2.75) is 95.1 Å². The summed E-state index contributed by atoms with van der Waals surface area (Å²) in [6, 6.07) is 7.57. The van der Waals surface area contributed by atoms with E-state index in [1.165, 1.54) is 32.1 Å². The lowest BCUT2D eigenvalue weighted by atomic mass is 9.85. The molecule has 2 aliphatic rings. The summed E-state index contributed by atoms with van der Waals surface area (Å²) in [5.41, 5.74) is 2.95. The first-order chi connectivity index (χ1) is 17.5. The lowest BCUT2D eigenvalue weighted by molar-refractivity contribution is -0.0605. The van der Waals surface area contributed by atoms with Gasteiger partial charge in [-0.05, 0) is 60.4 Å². The van der Waals surface area contributed by atoms with Gasteiger partial charge in [-0.25, -0.2) is 4.21 Å². The van der Waals surface area contributed by atoms with Gasteiger partial charge < -0.3 is 24.3 Å². The summed E-state index contributed by atoms with van der Waals surface area (Å²) in [4.78, 5) is 13.8. The monoisotopic (exact) mass is 530 g/mol. The SMILES string of the molecule is Cc1c(C(=O)NCC2(O)CCOCC2)cc(-c2ccc(S(=O)O)c(C(C)(C)C)c2)n1CC1CCCCC1. The number of carbonyl (C=O) groups is 1. The van der Waals surface area contributed by atoms with Crippen LogP contribution in [0.5, 0.6) is 0 Å². The number of aromatic nitrogens is 1. The van der Waals surface area contributed by atoms with Crippen LogP contribution in [0.3, 0.4) is 0 Å². The molecule has 3 N–H and O–H groups in total. The Morgan fingerprint density at radius 3 is 2.46 bits per heavy atom. The number of nitrogens with zero attached hydrogens (tertiary/aromatic N) is 1. The Labute approximate surface area is 223 Å². The Morgan fingerprint density at radius 1 is 1.16 bits per heavy atom. The average molecular weight is 531 g/mol. The molecule has 2 aromatic rings. The maximum atomic E-state index is 13.4. The van der Waals surface area contributed by atoms with Crippen molar-refractivity contribution in [1.29, 1.82) is 0 Å². The first kappa shape index (κ1) is 28.0. The number of ether oxygens (including phenoxy) is 1. The van der Waals surface area contributed by atoms with Crippen LogP contribution in [0, 0.1) is 12.8 Å². The molecule has 1 saturated carbocycles. The predicted molar refractivity (Wildman–Crippen MR) is 146 cm³/mol. The van der Waals surface area contributed by atoms with Crippen molar-refractivity contribution in [1.82, 2.24) is 9.88 Å². The second-order valence-corrected chi connectivity index (χ2v) is 12.8. The van der Waals surface area contributed by atoms with Crippen LogP contribution in [0.15, 0.2) is 29.2 Å². The number of hydrogen-bond donors (Lipinski definition) is 3. The lowest BCUT2D eigenvalue weighted by Gasteiger charge is -2.32. The summed E-state index contributed by atoms with van der Waals surface area (Å²) < 4.78 is 29.6. The highest BCUT2D eigenvalue weighted by atomic mass is 32.2. The molecule has 0 radical (unpaired) electrons. The van der Waals surface area contributed by atoms with E-state index in [0.717, 1.165) is 29.1 Å². The average Bonchev–Trinajstić information content (AvgIpc) is 3.18. The molecule has 37 heavy (non-hydrogen) atoms. The maximum Gasteiger partial charge on any atom is 0.253 e. The van der Waals surface area contributed by atoms with Crippen LogP contribution in [0.25, 0.3) is 11.3 Å². The first-order valence-electron chi connectivity index (χ1n) is 13.5. The molecule has 1 aromatic heterocycles. The summed E-state index contributed by atoms with van der Waals surface area (Å²) in [5, 5.41) is 13.8. The van der Waals surface area contributed by atoms with E-state index in [1.807, 2.05) is 45.9 Å². The number of carbonyl (C=O) groups excluding carboxylic acids is 1. The Balaban J connectivity index is 1.71. The van der Waals surface area contributed by atoms with Gasteiger partial charge in [0, 0.05) is 50.5 Å². The lowest BCUT2D eigenvalue weighted by Crippen LogP contribution is -2.46. The summed E-state index contributed by atoms with van der Waals surface area (Å²) >= 11 is -2.08. The van der Waals surface area contributed by atoms with Crippen molar-refractivity contribution < 1.29 is 23.4 Å². The maximum absolute atomic E-state index is 13.4. The molecule has 1 saturated heterocycles. The van der Waals surface area contributed by atoms with Crippen LogP contribution in [-0.2, 0) is 27.8 Å². The molecular formula is C29H42N2O5S. The molecule has 2 fully saturated rings. The van der Waals surface area contributed by atoms with Gasteiger partial charge in [0.1, 0.15) is 0 Å². The predicted octanol–water partition coefficient (Wildman–Crippen LogP) is 5.19. The summed E-state index contributed by atoms with van der Waals surface area (Å²) in [6.45, 7) is 10.1. The minimum atomic E-state index is -2.08. The largest absolute Gasteiger partial charge is 0.388 e. The van der Waals surface area contributed by atoms with Crippen molar-refractivity contribution in [2.24, 2.45) is 5.92 Å². The Morgan fingerprint density at radius 2 is 1.84 bits per heavy atom. The normalized spacial score (nSPS) is 19.5. The topological polar surface area (TPSA) is 101 Å². The van der Waals surface area contributed by atoms with E-state index < -0.39 is 16.7 Å². The van der Waals surface area contributed by atoms with Crippen molar-refractivity contribution in [3.63, 3.8) is 0 Å². The number of benzene rings is 1. The van der Waals surface area contributed by atoms with Gasteiger partial charge in [0.25, 0.3) is 5.91 Å². The van der Waals surface area contributed by atoms with Crippen molar-refractivity contribution >= 4 is 17.0 Å². The van der Waals surface area contributed by atoms with Crippen molar-refractivity contribution in [3.8, 4) is 11.3 Å². The number of amides is 1. The van der Waals surface area contributed by atoms with E-state index in [-0.39, 0.29) is 17.9 Å². The fourth-order valence-corrected chi connectivity index (χ4v) is 6.41. The molecule has 4 rings (SSSR count). The van der Waals surface area contributed by atoms with Gasteiger partial charge in [-0.3, -0.25) is 4.79 Å². The Hall–Kier alpha value is -2.00. The zero-order chi connectivity index (χ0) is 26.8. The minimum Gasteiger partial charge on any atom is -0.388 e. The molecule has 204 valence electrons. The number of aliphatic hydroxyl groups is 1. The highest BCUT2D eigenvalue weighted by Gasteiger charge is 2.31. The molecule has 1 aliphatic heterocycles. The Kier molecular flexibility index (Phi) is 8.63. The number of nitrogens with one attached hydrogen (secondary N) is 1. The van der Waals surface area contributed by atoms with Crippen molar-refractivity contribution in [2.75, 3.05) is 19.8 Å². The molecule has 2 heterocycles. The summed E-state index contributed by atoms with van der Waals surface area (Å²) in [5.74, 6) is 0.369. The van der Waals surface area contributed by atoms with Gasteiger partial charge in [0.2, 0.25) is 0 Å². The van der Waals surface area contributed by atoms with Gasteiger partial charge in [-0.1, -0.05) is 46.1 Å². The van der Waals surface area contributed by atoms with Crippen LogP contribution in [0.4, 0.5) is 0 Å². The minimum absolute atomic E-state index is 0.190. The molecule has 0 spiro atoms. The second kappa shape index (κ2) is 11.4. The highest BCUT2D eigenvalue weighted by molar-refractivity contribution is 7.79. The van der Waals surface area contributed by atoms with Gasteiger partial charge in [0.05, 0.1) is 16.1 Å². The molecule has 1 aliphatic carbocycles. The standard InChI is InChI=1S/C29H42N2O5S/c1-20-23(27(32)30-19-29(33)12-14-36-15-13-29)17-25(31(20)18-21-8-6-5-7-9-21)22-10-11-26(37(34)35)24(16-22)28(2,3)4/h10-11,16-17,21,33H,5-9,12-15,18-19H2,1-4H3,(H,30,32)(H,34,35). The van der Waals surface area contributed by atoms with Crippen LogP contribution in [-0.4, -0.2) is 49.7 Å². The smallest absolute Gasteiger partial charge is 0.253 e. The number of hydrogen-bond acceptors (Lipinski definition) is 4. The van der Waals surface area contributed by atoms with E-state index in [1.54, 1.807) is 6.07 Å². The third-order valence-corrected chi connectivity index (χ3v) is 8.78. The van der Waals surface area contributed by atoms with Crippen LogP contribution >= 0.6 is 0 Å². The van der Waals surface area contributed by atoms with Crippen LogP contribution < -0.4 is 5.32 Å². The molecule has 0 bridgehead atoms. The fraction of sp³-hybridized carbons (Fsp3) is 0.621. The molecule has 7 nitrogen and oxygen atoms in total. The zero-order valence-corrected chi connectivity index (χ0v) is 23.5. The van der Waals surface area contributed by atoms with E-state index >= 15 is 0 Å². The van der Waals surface area contributed by atoms with Gasteiger partial charge in [0.15, 0.2) is 11.1 Å². The number of rotatable bonds is 7. The van der Waals surface area contributed by atoms with Gasteiger partial charge in [-0.2, -0.15) is 0 Å². The highest BCUT2D eigenvalue weighted by Crippen LogP contribution is 2.35. The van der Waals surface area contributed by atoms with E-state index in [2.05, 4.69) is 9.88 Å². The first-order valence-corrected chi connectivity index (χ1v) is 14.6. The molecule has 1 unspecified atom stereocenters. The third kappa shape index (κ3) is 6.53. The van der Waals surface area contributed by atoms with E-state index in [4.69, 9.17) is 4.74 Å². The molecule has 1 aromatic carbocycles. The van der Waals surface area contributed by atoms with Gasteiger partial charge >= 0.3 is 0 Å². The van der Waals surface area contributed by atoms with Gasteiger partial charge in [-0.15, -0.1) is 0 Å². The molecule has 1 amide bonds. The van der Waals surface area contributed by atoms with E-state index in [0.29, 0.717) is 42.4 Å². The fourth-order valence-electron chi connectivity index (χ4n) is 5.67. The summed E-state index contributed by atoms with van der Waals surface area (Å²) in [7, 11) is 0. The van der Waals surface area contributed by atoms with Crippen LogP contribution in [0.2, 0.25) is 0 Å². The Bertz CT molecular complexity index is 1140. The molecular weight excluding hydrogens is 488 g/mol. The third-order valence-electron chi connectivity index (χ3n) is 8.05. The quantitative estimate of drug-likeness (QED) is 0.428. The molecule has 8 heteroatoms.